The highest BCUT2D eigenvalue weighted by molar-refractivity contribution is 6.32. The van der Waals surface area contributed by atoms with Crippen molar-refractivity contribution in [2.24, 2.45) is 0 Å². The predicted molar refractivity (Wildman–Crippen MR) is 131 cm³/mol. The Morgan fingerprint density at radius 2 is 1.79 bits per heavy atom. The van der Waals surface area contributed by atoms with Gasteiger partial charge in [-0.25, -0.2) is 0 Å². The molecule has 0 aliphatic carbocycles. The van der Waals surface area contributed by atoms with Crippen molar-refractivity contribution in [2.75, 3.05) is 26.2 Å². The number of amides is 1. The van der Waals surface area contributed by atoms with E-state index in [0.717, 1.165) is 56.1 Å². The molecule has 4 rings (SSSR count). The molecule has 0 bridgehead atoms. The van der Waals surface area contributed by atoms with E-state index in [1.807, 2.05) is 59.0 Å². The molecule has 0 atom stereocenters. The third-order valence-electron chi connectivity index (χ3n) is 6.11. The molecule has 1 aliphatic rings. The Labute approximate surface area is 200 Å². The molecule has 174 valence electrons. The molecule has 1 aliphatic heterocycles. The van der Waals surface area contributed by atoms with Gasteiger partial charge in [-0.05, 0) is 56.2 Å². The molecule has 1 saturated heterocycles. The molecule has 33 heavy (non-hydrogen) atoms. The Morgan fingerprint density at radius 3 is 2.45 bits per heavy atom. The van der Waals surface area contributed by atoms with Gasteiger partial charge in [0.1, 0.15) is 12.4 Å². The van der Waals surface area contributed by atoms with Crippen LogP contribution in [-0.4, -0.2) is 51.7 Å². The smallest absolute Gasteiger partial charge is 0.253 e. The van der Waals surface area contributed by atoms with Crippen LogP contribution in [0.15, 0.2) is 48.7 Å². The first kappa shape index (κ1) is 23.3. The van der Waals surface area contributed by atoms with E-state index in [1.165, 1.54) is 5.56 Å². The Bertz CT molecular complexity index is 1100. The number of benzene rings is 2. The Balaban J connectivity index is 1.29. The molecule has 0 unspecified atom stereocenters. The van der Waals surface area contributed by atoms with Crippen LogP contribution in [0.5, 0.6) is 5.75 Å². The van der Waals surface area contributed by atoms with Gasteiger partial charge in [0, 0.05) is 56.6 Å². The van der Waals surface area contributed by atoms with Crippen molar-refractivity contribution in [1.82, 2.24) is 19.6 Å². The van der Waals surface area contributed by atoms with E-state index in [4.69, 9.17) is 16.3 Å². The molecule has 0 radical (unpaired) electrons. The molecule has 0 spiro atoms. The minimum Gasteiger partial charge on any atom is -0.487 e. The van der Waals surface area contributed by atoms with Gasteiger partial charge in [-0.2, -0.15) is 5.10 Å². The lowest BCUT2D eigenvalue weighted by atomic mass is 10.1. The molecule has 1 aromatic heterocycles. The molecule has 6 nitrogen and oxygen atoms in total. The van der Waals surface area contributed by atoms with Crippen molar-refractivity contribution in [2.45, 2.75) is 40.5 Å². The summed E-state index contributed by atoms with van der Waals surface area (Å²) in [4.78, 5) is 17.3. The average molecular weight is 467 g/mol. The summed E-state index contributed by atoms with van der Waals surface area (Å²) >= 11 is 6.20. The Kier molecular flexibility index (Phi) is 7.36. The highest BCUT2D eigenvalue weighted by atomic mass is 35.5. The number of carbonyl (C=O) groups excluding carboxylic acids is 1. The topological polar surface area (TPSA) is 50.6 Å². The number of aryl methyl sites for hydroxylation is 3. The van der Waals surface area contributed by atoms with E-state index in [-0.39, 0.29) is 5.91 Å². The van der Waals surface area contributed by atoms with Crippen molar-refractivity contribution in [3.63, 3.8) is 0 Å². The van der Waals surface area contributed by atoms with Crippen LogP contribution >= 0.6 is 11.6 Å². The first-order valence-electron chi connectivity index (χ1n) is 11.5. The fourth-order valence-corrected chi connectivity index (χ4v) is 4.21. The molecule has 0 saturated carbocycles. The van der Waals surface area contributed by atoms with Gasteiger partial charge in [0.05, 0.1) is 10.7 Å². The number of carbonyl (C=O) groups is 1. The zero-order chi connectivity index (χ0) is 23.4. The first-order valence-corrected chi connectivity index (χ1v) is 11.8. The van der Waals surface area contributed by atoms with Crippen molar-refractivity contribution in [1.29, 1.82) is 0 Å². The highest BCUT2D eigenvalue weighted by Crippen LogP contribution is 2.26. The summed E-state index contributed by atoms with van der Waals surface area (Å²) in [7, 11) is 0. The largest absolute Gasteiger partial charge is 0.487 e. The van der Waals surface area contributed by atoms with Gasteiger partial charge in [-0.15, -0.1) is 0 Å². The number of hydrogen-bond donors (Lipinski definition) is 0. The monoisotopic (exact) mass is 466 g/mol. The first-order chi connectivity index (χ1) is 15.9. The highest BCUT2D eigenvalue weighted by Gasteiger charge is 2.23. The standard InChI is InChI=1S/C26H31ClN4O2/c1-4-31-17-23(20(3)28-31)16-29-11-13-30(14-12-29)26(32)22-8-6-21(7-9-22)18-33-25-15-19(2)5-10-24(25)27/h5-10,15,17H,4,11-14,16,18H2,1-3H3. The maximum Gasteiger partial charge on any atom is 0.253 e. The van der Waals surface area contributed by atoms with Crippen LogP contribution in [-0.2, 0) is 19.7 Å². The lowest BCUT2D eigenvalue weighted by Crippen LogP contribution is -2.48. The fraction of sp³-hybridized carbons (Fsp3) is 0.385. The normalized spacial score (nSPS) is 14.5. The van der Waals surface area contributed by atoms with Gasteiger partial charge in [-0.1, -0.05) is 29.8 Å². The van der Waals surface area contributed by atoms with Crippen LogP contribution in [0.25, 0.3) is 0 Å². The van der Waals surface area contributed by atoms with Crippen molar-refractivity contribution in [3.8, 4) is 5.75 Å². The summed E-state index contributed by atoms with van der Waals surface area (Å²) < 4.78 is 7.84. The Hall–Kier alpha value is -2.83. The number of aromatic nitrogens is 2. The van der Waals surface area contributed by atoms with E-state index in [9.17, 15) is 4.79 Å². The van der Waals surface area contributed by atoms with E-state index in [2.05, 4.69) is 30.0 Å². The molecule has 1 fully saturated rings. The zero-order valence-electron chi connectivity index (χ0n) is 19.6. The van der Waals surface area contributed by atoms with E-state index in [0.29, 0.717) is 22.9 Å². The minimum atomic E-state index is 0.0823. The minimum absolute atomic E-state index is 0.0823. The molecular formula is C26H31ClN4O2. The van der Waals surface area contributed by atoms with Crippen LogP contribution in [0, 0.1) is 13.8 Å². The number of rotatable bonds is 7. The summed E-state index contributed by atoms with van der Waals surface area (Å²) in [5.41, 5.74) is 5.16. The number of nitrogens with zero attached hydrogens (tertiary/aromatic N) is 4. The quantitative estimate of drug-likeness (QED) is 0.506. The van der Waals surface area contributed by atoms with Crippen LogP contribution in [0.3, 0.4) is 0 Å². The average Bonchev–Trinajstić information content (AvgIpc) is 3.19. The van der Waals surface area contributed by atoms with Crippen LogP contribution in [0.4, 0.5) is 0 Å². The summed E-state index contributed by atoms with van der Waals surface area (Å²) in [6, 6.07) is 13.4. The SMILES string of the molecule is CCn1cc(CN2CCN(C(=O)c3ccc(COc4cc(C)ccc4Cl)cc3)CC2)c(C)n1. The molecule has 7 heteroatoms. The zero-order valence-corrected chi connectivity index (χ0v) is 20.3. The third-order valence-corrected chi connectivity index (χ3v) is 6.42. The lowest BCUT2D eigenvalue weighted by molar-refractivity contribution is 0.0628. The van der Waals surface area contributed by atoms with Gasteiger partial charge < -0.3 is 9.64 Å². The van der Waals surface area contributed by atoms with Gasteiger partial charge in [0.15, 0.2) is 0 Å². The molecule has 1 amide bonds. The summed E-state index contributed by atoms with van der Waals surface area (Å²) in [6.45, 7) is 11.5. The molecule has 3 aromatic rings. The summed E-state index contributed by atoms with van der Waals surface area (Å²) in [5.74, 6) is 0.755. The summed E-state index contributed by atoms with van der Waals surface area (Å²) in [5, 5.41) is 5.13. The number of halogens is 1. The third kappa shape index (κ3) is 5.75. The summed E-state index contributed by atoms with van der Waals surface area (Å²) in [6.07, 6.45) is 2.13. The fourth-order valence-electron chi connectivity index (χ4n) is 4.03. The second kappa shape index (κ2) is 10.4. The van der Waals surface area contributed by atoms with Crippen molar-refractivity contribution in [3.05, 3.63) is 81.6 Å². The second-order valence-electron chi connectivity index (χ2n) is 8.58. The van der Waals surface area contributed by atoms with Crippen LogP contribution in [0.2, 0.25) is 5.02 Å². The maximum absolute atomic E-state index is 13.0. The maximum atomic E-state index is 13.0. The number of hydrogen-bond acceptors (Lipinski definition) is 4. The van der Waals surface area contributed by atoms with Crippen molar-refractivity contribution < 1.29 is 9.53 Å². The van der Waals surface area contributed by atoms with Crippen LogP contribution < -0.4 is 4.74 Å². The van der Waals surface area contributed by atoms with E-state index < -0.39 is 0 Å². The van der Waals surface area contributed by atoms with E-state index in [1.54, 1.807) is 0 Å². The lowest BCUT2D eigenvalue weighted by Gasteiger charge is -2.34. The number of ether oxygens (including phenoxy) is 1. The van der Waals surface area contributed by atoms with Gasteiger partial charge in [-0.3, -0.25) is 14.4 Å². The van der Waals surface area contributed by atoms with E-state index >= 15 is 0 Å². The van der Waals surface area contributed by atoms with Crippen molar-refractivity contribution >= 4 is 17.5 Å². The second-order valence-corrected chi connectivity index (χ2v) is 8.99. The Morgan fingerprint density at radius 1 is 1.06 bits per heavy atom. The molecule has 2 aromatic carbocycles. The number of piperazine rings is 1. The predicted octanol–water partition coefficient (Wildman–Crippen LogP) is 4.71. The molecular weight excluding hydrogens is 436 g/mol. The van der Waals surface area contributed by atoms with Gasteiger partial charge in [0.25, 0.3) is 5.91 Å². The van der Waals surface area contributed by atoms with Gasteiger partial charge >= 0.3 is 0 Å². The molecule has 0 N–H and O–H groups in total. The molecule has 2 heterocycles. The van der Waals surface area contributed by atoms with Gasteiger partial charge in [0.2, 0.25) is 0 Å². The van der Waals surface area contributed by atoms with Crippen LogP contribution in [0.1, 0.15) is 39.7 Å².